The Balaban J connectivity index is 1.04. The lowest BCUT2D eigenvalue weighted by molar-refractivity contribution is -0.122. The lowest BCUT2D eigenvalue weighted by Gasteiger charge is -2.37. The molecule has 2 fully saturated rings. The van der Waals surface area contributed by atoms with E-state index in [0.29, 0.717) is 37.2 Å². The molecule has 2 N–H and O–H groups in total. The Kier molecular flexibility index (Phi) is 12.4. The quantitative estimate of drug-likeness (QED) is 0.103. The molecule has 0 bridgehead atoms. The Morgan fingerprint density at radius 3 is 2.30 bits per heavy atom. The molecule has 334 valence electrons. The molecule has 8 rings (SSSR count). The number of esters is 1. The molecule has 64 heavy (non-hydrogen) atoms. The van der Waals surface area contributed by atoms with Gasteiger partial charge in [0.1, 0.15) is 29.5 Å². The van der Waals surface area contributed by atoms with E-state index in [0.717, 1.165) is 57.5 Å². The minimum Gasteiger partial charge on any atom is -0.455 e. The van der Waals surface area contributed by atoms with Crippen LogP contribution in [0, 0.1) is 0 Å². The van der Waals surface area contributed by atoms with Crippen molar-refractivity contribution in [3.05, 3.63) is 119 Å². The molecule has 1 aromatic heterocycles. The van der Waals surface area contributed by atoms with E-state index in [4.69, 9.17) is 18.9 Å². The summed E-state index contributed by atoms with van der Waals surface area (Å²) < 4.78 is 23.9. The maximum absolute atomic E-state index is 14.4. The molecule has 1 aliphatic carbocycles. The average Bonchev–Trinajstić information content (AvgIpc) is 4.01. The van der Waals surface area contributed by atoms with Crippen LogP contribution in [0.1, 0.15) is 80.7 Å². The molecule has 4 aromatic carbocycles. The highest BCUT2D eigenvalue weighted by molar-refractivity contribution is 6.09. The standard InChI is InChI=1S/C50H55N5O9/c1-49(2,3)63-46(58)43-27-39-40(15-10-16-42(39)55(43)48(60)64-50(4,5)6)51-45(57)41(52-47(59)62-29-33-12-9-14-37-36-13-8-7-11-32(36)26-38(33)37)25-31-17-19-34(20-18-31)54-23-22-53(28-44(54)56)35-21-24-61-30-35/h7-20,27,35,41H,21-26,28-30H2,1-6H3,(H,51,57)(H,52,59). The van der Waals surface area contributed by atoms with Gasteiger partial charge in [0.15, 0.2) is 0 Å². The van der Waals surface area contributed by atoms with Gasteiger partial charge in [0.2, 0.25) is 11.8 Å². The number of ether oxygens (including phenoxy) is 4. The number of aromatic nitrogens is 1. The third kappa shape index (κ3) is 9.83. The number of alkyl carbamates (subject to hydrolysis) is 1. The van der Waals surface area contributed by atoms with Gasteiger partial charge in [-0.2, -0.15) is 0 Å². The highest BCUT2D eigenvalue weighted by Crippen LogP contribution is 2.38. The molecule has 14 nitrogen and oxygen atoms in total. The van der Waals surface area contributed by atoms with Crippen LogP contribution in [0.3, 0.4) is 0 Å². The van der Waals surface area contributed by atoms with Crippen molar-refractivity contribution in [2.75, 3.05) is 43.1 Å². The number of carbonyl (C=O) groups is 5. The molecule has 14 heteroatoms. The number of nitrogens with zero attached hydrogens (tertiary/aromatic N) is 3. The van der Waals surface area contributed by atoms with Crippen LogP contribution in [-0.4, -0.2) is 95.6 Å². The smallest absolute Gasteiger partial charge is 0.419 e. The Labute approximate surface area is 372 Å². The van der Waals surface area contributed by atoms with Crippen LogP contribution >= 0.6 is 0 Å². The van der Waals surface area contributed by atoms with Crippen molar-refractivity contribution in [2.24, 2.45) is 0 Å². The van der Waals surface area contributed by atoms with Crippen molar-refractivity contribution >= 4 is 52.2 Å². The highest BCUT2D eigenvalue weighted by Gasteiger charge is 2.33. The van der Waals surface area contributed by atoms with E-state index in [1.807, 2.05) is 48.5 Å². The number of hydrogen-bond acceptors (Lipinski definition) is 10. The second-order valence-electron chi connectivity index (χ2n) is 18.5. The first-order valence-corrected chi connectivity index (χ1v) is 21.8. The second kappa shape index (κ2) is 17.9. The van der Waals surface area contributed by atoms with Gasteiger partial charge in [-0.15, -0.1) is 0 Å². The molecule has 0 spiro atoms. The van der Waals surface area contributed by atoms with Crippen LogP contribution < -0.4 is 15.5 Å². The molecule has 3 aliphatic rings. The van der Waals surface area contributed by atoms with Crippen LogP contribution in [0.4, 0.5) is 21.0 Å². The lowest BCUT2D eigenvalue weighted by atomic mass is 10.0. The largest absolute Gasteiger partial charge is 0.455 e. The van der Waals surface area contributed by atoms with Gasteiger partial charge >= 0.3 is 18.2 Å². The van der Waals surface area contributed by atoms with Crippen LogP contribution in [0.15, 0.2) is 91.0 Å². The zero-order valence-corrected chi connectivity index (χ0v) is 37.2. The number of carbonyl (C=O) groups excluding carboxylic acids is 5. The Morgan fingerprint density at radius 2 is 1.58 bits per heavy atom. The fourth-order valence-corrected chi connectivity index (χ4v) is 8.57. The molecule has 5 aromatic rings. The van der Waals surface area contributed by atoms with E-state index >= 15 is 0 Å². The third-order valence-electron chi connectivity index (χ3n) is 11.6. The first-order chi connectivity index (χ1) is 30.5. The van der Waals surface area contributed by atoms with E-state index in [1.54, 1.807) is 64.6 Å². The summed E-state index contributed by atoms with van der Waals surface area (Å²) in [4.78, 5) is 72.5. The summed E-state index contributed by atoms with van der Waals surface area (Å²) in [6.45, 7) is 13.3. The van der Waals surface area contributed by atoms with E-state index in [9.17, 15) is 24.0 Å². The van der Waals surface area contributed by atoms with Crippen molar-refractivity contribution in [2.45, 2.75) is 90.7 Å². The molecule has 0 radical (unpaired) electrons. The van der Waals surface area contributed by atoms with Gasteiger partial charge in [-0.05, 0) is 118 Å². The van der Waals surface area contributed by atoms with Crippen molar-refractivity contribution in [3.8, 4) is 11.1 Å². The van der Waals surface area contributed by atoms with Gasteiger partial charge in [-0.1, -0.05) is 60.7 Å². The van der Waals surface area contributed by atoms with Crippen molar-refractivity contribution < 1.29 is 42.9 Å². The summed E-state index contributed by atoms with van der Waals surface area (Å²) in [5.74, 6) is -1.32. The number of piperazine rings is 1. The van der Waals surface area contributed by atoms with E-state index in [2.05, 4.69) is 33.7 Å². The molecule has 0 saturated carbocycles. The Morgan fingerprint density at radius 1 is 0.844 bits per heavy atom. The van der Waals surface area contributed by atoms with Gasteiger partial charge in [-0.25, -0.2) is 19.0 Å². The number of anilines is 2. The number of nitrogens with one attached hydrogen (secondary N) is 2. The maximum atomic E-state index is 14.4. The van der Waals surface area contributed by atoms with Crippen LogP contribution in [0.5, 0.6) is 0 Å². The normalized spacial score (nSPS) is 16.8. The summed E-state index contributed by atoms with van der Waals surface area (Å²) in [5.41, 5.74) is 5.66. The van der Waals surface area contributed by atoms with Gasteiger partial charge in [0, 0.05) is 43.2 Å². The van der Waals surface area contributed by atoms with E-state index in [-0.39, 0.29) is 36.4 Å². The molecule has 3 amide bonds. The van der Waals surface area contributed by atoms with E-state index in [1.165, 1.54) is 11.6 Å². The lowest BCUT2D eigenvalue weighted by Crippen LogP contribution is -2.54. The monoisotopic (exact) mass is 869 g/mol. The van der Waals surface area contributed by atoms with Gasteiger partial charge in [-0.3, -0.25) is 14.5 Å². The second-order valence-corrected chi connectivity index (χ2v) is 18.5. The summed E-state index contributed by atoms with van der Waals surface area (Å²) >= 11 is 0. The van der Waals surface area contributed by atoms with Gasteiger partial charge < -0.3 is 34.5 Å². The number of fused-ring (bicyclic) bond motifs is 4. The summed E-state index contributed by atoms with van der Waals surface area (Å²) in [7, 11) is 0. The number of hydrogen-bond donors (Lipinski definition) is 2. The van der Waals surface area contributed by atoms with E-state index < -0.39 is 41.3 Å². The van der Waals surface area contributed by atoms with Crippen molar-refractivity contribution in [1.82, 2.24) is 14.8 Å². The molecular weight excluding hydrogens is 815 g/mol. The first kappa shape index (κ1) is 44.1. The Bertz CT molecular complexity index is 2600. The van der Waals surface area contributed by atoms with Crippen LogP contribution in [0.25, 0.3) is 22.0 Å². The van der Waals surface area contributed by atoms with Crippen LogP contribution in [-0.2, 0) is 48.0 Å². The van der Waals surface area contributed by atoms with Crippen molar-refractivity contribution in [1.29, 1.82) is 0 Å². The third-order valence-corrected chi connectivity index (χ3v) is 11.6. The number of amides is 3. The highest BCUT2D eigenvalue weighted by atomic mass is 16.6. The minimum absolute atomic E-state index is 0.00464. The topological polar surface area (TPSA) is 158 Å². The molecule has 2 saturated heterocycles. The molecule has 2 aliphatic heterocycles. The number of benzene rings is 4. The molecular formula is C50H55N5O9. The molecule has 2 unspecified atom stereocenters. The van der Waals surface area contributed by atoms with Crippen LogP contribution in [0.2, 0.25) is 0 Å². The SMILES string of the molecule is CC(C)(C)OC(=O)c1cc2c(NC(=O)C(Cc3ccc(N4CCN(C5CCOC5)CC4=O)cc3)NC(=O)OCc3cccc4c3Cc3ccccc3-4)cccc2n1C(=O)OC(C)(C)C. The Hall–Kier alpha value is -6.51. The molecule has 2 atom stereocenters. The summed E-state index contributed by atoms with van der Waals surface area (Å²) in [6, 6.07) is 27.1. The fraction of sp³-hybridized carbons (Fsp3) is 0.380. The summed E-state index contributed by atoms with van der Waals surface area (Å²) in [6.07, 6.45) is 0.127. The van der Waals surface area contributed by atoms with Crippen molar-refractivity contribution in [3.63, 3.8) is 0 Å². The average molecular weight is 870 g/mol. The summed E-state index contributed by atoms with van der Waals surface area (Å²) in [5, 5.41) is 6.12. The maximum Gasteiger partial charge on any atom is 0.419 e. The number of rotatable bonds is 10. The molecule has 3 heterocycles. The first-order valence-electron chi connectivity index (χ1n) is 21.8. The predicted molar refractivity (Wildman–Crippen MR) is 242 cm³/mol. The van der Waals surface area contributed by atoms with Gasteiger partial charge in [0.25, 0.3) is 0 Å². The fourth-order valence-electron chi connectivity index (χ4n) is 8.57. The van der Waals surface area contributed by atoms with Gasteiger partial charge in [0.05, 0.1) is 24.4 Å². The minimum atomic E-state index is -1.14. The zero-order valence-electron chi connectivity index (χ0n) is 37.2. The predicted octanol–water partition coefficient (Wildman–Crippen LogP) is 7.86. The zero-order chi connectivity index (χ0) is 45.3.